The minimum Gasteiger partial charge on any atom is -0.298 e. The Morgan fingerprint density at radius 2 is 1.92 bits per heavy atom. The second kappa shape index (κ2) is 7.43. The average Bonchev–Trinajstić information content (AvgIpc) is 3.03. The van der Waals surface area contributed by atoms with Crippen molar-refractivity contribution in [3.63, 3.8) is 0 Å². The zero-order chi connectivity index (χ0) is 16.9. The van der Waals surface area contributed by atoms with Crippen molar-refractivity contribution in [1.29, 1.82) is 0 Å². The van der Waals surface area contributed by atoms with E-state index in [1.807, 2.05) is 60.8 Å². The number of nitrogens with zero attached hydrogens (tertiary/aromatic N) is 1. The van der Waals surface area contributed by atoms with Gasteiger partial charge in [0.05, 0.1) is 5.69 Å². The quantitative estimate of drug-likeness (QED) is 0.635. The molecule has 2 aromatic carbocycles. The Balaban J connectivity index is 1.67. The fourth-order valence-corrected chi connectivity index (χ4v) is 3.07. The first-order valence-corrected chi connectivity index (χ1v) is 8.64. The SMILES string of the molecule is Cc1ccc(C=CC(=O)Nc2nc(-c3ccccc3Cl)cs2)cc1. The molecule has 0 aliphatic carbocycles. The highest BCUT2D eigenvalue weighted by Crippen LogP contribution is 2.30. The fourth-order valence-electron chi connectivity index (χ4n) is 2.12. The van der Waals surface area contributed by atoms with Crippen LogP contribution in [0.3, 0.4) is 0 Å². The predicted molar refractivity (Wildman–Crippen MR) is 101 cm³/mol. The first-order chi connectivity index (χ1) is 11.6. The van der Waals surface area contributed by atoms with Crippen LogP contribution in [-0.4, -0.2) is 10.9 Å². The highest BCUT2D eigenvalue weighted by atomic mass is 35.5. The zero-order valence-electron chi connectivity index (χ0n) is 13.0. The summed E-state index contributed by atoms with van der Waals surface area (Å²) in [5, 5.41) is 5.83. The van der Waals surface area contributed by atoms with Gasteiger partial charge in [-0.15, -0.1) is 11.3 Å². The predicted octanol–water partition coefficient (Wildman–Crippen LogP) is 5.42. The van der Waals surface area contributed by atoms with E-state index in [0.717, 1.165) is 16.8 Å². The number of aryl methyl sites for hydroxylation is 1. The molecular weight excluding hydrogens is 340 g/mol. The number of hydrogen-bond acceptors (Lipinski definition) is 3. The minimum atomic E-state index is -0.212. The number of carbonyl (C=O) groups is 1. The lowest BCUT2D eigenvalue weighted by Crippen LogP contribution is -2.07. The number of carbonyl (C=O) groups excluding carboxylic acids is 1. The van der Waals surface area contributed by atoms with Gasteiger partial charge >= 0.3 is 0 Å². The Bertz CT molecular complexity index is 884. The molecule has 1 aromatic heterocycles. The Morgan fingerprint density at radius 1 is 1.17 bits per heavy atom. The first-order valence-electron chi connectivity index (χ1n) is 7.38. The van der Waals surface area contributed by atoms with Gasteiger partial charge in [-0.2, -0.15) is 0 Å². The molecular formula is C19H15ClN2OS. The average molecular weight is 355 g/mol. The van der Waals surface area contributed by atoms with Gasteiger partial charge < -0.3 is 0 Å². The smallest absolute Gasteiger partial charge is 0.250 e. The van der Waals surface area contributed by atoms with Crippen LogP contribution in [0.2, 0.25) is 5.02 Å². The number of anilines is 1. The van der Waals surface area contributed by atoms with Crippen LogP contribution in [0.25, 0.3) is 17.3 Å². The van der Waals surface area contributed by atoms with Gasteiger partial charge in [-0.25, -0.2) is 4.98 Å². The number of nitrogens with one attached hydrogen (secondary N) is 1. The Kier molecular flexibility index (Phi) is 5.08. The normalized spacial score (nSPS) is 10.9. The molecule has 24 heavy (non-hydrogen) atoms. The molecule has 0 saturated heterocycles. The lowest BCUT2D eigenvalue weighted by molar-refractivity contribution is -0.111. The summed E-state index contributed by atoms with van der Waals surface area (Å²) in [6.07, 6.45) is 3.28. The lowest BCUT2D eigenvalue weighted by atomic mass is 10.1. The third-order valence-electron chi connectivity index (χ3n) is 3.39. The van der Waals surface area contributed by atoms with E-state index >= 15 is 0 Å². The highest BCUT2D eigenvalue weighted by molar-refractivity contribution is 7.14. The summed E-state index contributed by atoms with van der Waals surface area (Å²) >= 11 is 7.54. The Hall–Kier alpha value is -2.43. The lowest BCUT2D eigenvalue weighted by Gasteiger charge is -1.99. The number of rotatable bonds is 4. The summed E-state index contributed by atoms with van der Waals surface area (Å²) in [4.78, 5) is 16.4. The van der Waals surface area contributed by atoms with Gasteiger partial charge in [-0.05, 0) is 24.6 Å². The van der Waals surface area contributed by atoms with Gasteiger partial charge in [0.2, 0.25) is 5.91 Å². The van der Waals surface area contributed by atoms with Crippen molar-refractivity contribution < 1.29 is 4.79 Å². The van der Waals surface area contributed by atoms with Gasteiger partial charge in [0.15, 0.2) is 5.13 Å². The molecule has 1 amide bonds. The molecule has 5 heteroatoms. The Morgan fingerprint density at radius 3 is 2.67 bits per heavy atom. The van der Waals surface area contributed by atoms with E-state index in [-0.39, 0.29) is 5.91 Å². The van der Waals surface area contributed by atoms with Crippen molar-refractivity contribution in [2.24, 2.45) is 0 Å². The Labute approximate surface area is 149 Å². The molecule has 1 N–H and O–H groups in total. The molecule has 0 unspecified atom stereocenters. The summed E-state index contributed by atoms with van der Waals surface area (Å²) < 4.78 is 0. The maximum Gasteiger partial charge on any atom is 0.250 e. The summed E-state index contributed by atoms with van der Waals surface area (Å²) in [6.45, 7) is 2.03. The van der Waals surface area contributed by atoms with Crippen LogP contribution < -0.4 is 5.32 Å². The van der Waals surface area contributed by atoms with Crippen LogP contribution in [0.1, 0.15) is 11.1 Å². The van der Waals surface area contributed by atoms with Crippen molar-refractivity contribution in [2.45, 2.75) is 6.92 Å². The molecule has 0 aliphatic rings. The topological polar surface area (TPSA) is 42.0 Å². The maximum atomic E-state index is 12.0. The second-order valence-electron chi connectivity index (χ2n) is 5.25. The molecule has 0 spiro atoms. The van der Waals surface area contributed by atoms with Crippen LogP contribution in [0.5, 0.6) is 0 Å². The molecule has 0 radical (unpaired) electrons. The summed E-state index contributed by atoms with van der Waals surface area (Å²) in [6, 6.07) is 15.5. The molecule has 0 fully saturated rings. The van der Waals surface area contributed by atoms with E-state index in [4.69, 9.17) is 11.6 Å². The van der Waals surface area contributed by atoms with Gasteiger partial charge in [-0.1, -0.05) is 59.6 Å². The molecule has 0 bridgehead atoms. The number of amides is 1. The molecule has 0 atom stereocenters. The van der Waals surface area contributed by atoms with E-state index in [9.17, 15) is 4.79 Å². The number of aromatic nitrogens is 1. The van der Waals surface area contributed by atoms with E-state index in [1.54, 1.807) is 6.08 Å². The zero-order valence-corrected chi connectivity index (χ0v) is 14.6. The fraction of sp³-hybridized carbons (Fsp3) is 0.0526. The van der Waals surface area contributed by atoms with E-state index < -0.39 is 0 Å². The molecule has 120 valence electrons. The van der Waals surface area contributed by atoms with Crippen LogP contribution in [0.4, 0.5) is 5.13 Å². The molecule has 3 nitrogen and oxygen atoms in total. The number of hydrogen-bond donors (Lipinski definition) is 1. The summed E-state index contributed by atoms with van der Waals surface area (Å²) in [7, 11) is 0. The number of thiazole rings is 1. The van der Waals surface area contributed by atoms with Crippen molar-refractivity contribution in [3.8, 4) is 11.3 Å². The second-order valence-corrected chi connectivity index (χ2v) is 6.52. The largest absolute Gasteiger partial charge is 0.298 e. The summed E-state index contributed by atoms with van der Waals surface area (Å²) in [5.41, 5.74) is 3.77. The van der Waals surface area contributed by atoms with Crippen LogP contribution in [0.15, 0.2) is 60.0 Å². The van der Waals surface area contributed by atoms with Crippen molar-refractivity contribution >= 4 is 40.1 Å². The molecule has 1 heterocycles. The number of halogens is 1. The van der Waals surface area contributed by atoms with Crippen molar-refractivity contribution in [1.82, 2.24) is 4.98 Å². The molecule has 3 aromatic rings. The molecule has 0 aliphatic heterocycles. The van der Waals surface area contributed by atoms with Crippen molar-refractivity contribution in [2.75, 3.05) is 5.32 Å². The third-order valence-corrected chi connectivity index (χ3v) is 4.48. The van der Waals surface area contributed by atoms with Crippen molar-refractivity contribution in [3.05, 3.63) is 76.1 Å². The monoisotopic (exact) mass is 354 g/mol. The standard InChI is InChI=1S/C19H15ClN2OS/c1-13-6-8-14(9-7-13)10-11-18(23)22-19-21-17(12-24-19)15-4-2-3-5-16(15)20/h2-12H,1H3,(H,21,22,23). The number of benzene rings is 2. The van der Waals surface area contributed by atoms with Crippen LogP contribution >= 0.6 is 22.9 Å². The van der Waals surface area contributed by atoms with Gasteiger partial charge in [0, 0.05) is 22.0 Å². The first kappa shape index (κ1) is 16.4. The minimum absolute atomic E-state index is 0.212. The van der Waals surface area contributed by atoms with Gasteiger partial charge in [-0.3, -0.25) is 10.1 Å². The van der Waals surface area contributed by atoms with E-state index in [1.165, 1.54) is 23.0 Å². The van der Waals surface area contributed by atoms with Crippen LogP contribution in [-0.2, 0) is 4.79 Å². The molecule has 3 rings (SSSR count). The third kappa shape index (κ3) is 4.10. The van der Waals surface area contributed by atoms with Crippen LogP contribution in [0, 0.1) is 6.92 Å². The van der Waals surface area contributed by atoms with Gasteiger partial charge in [0.25, 0.3) is 0 Å². The van der Waals surface area contributed by atoms with E-state index in [0.29, 0.717) is 10.2 Å². The highest BCUT2D eigenvalue weighted by Gasteiger charge is 2.08. The van der Waals surface area contributed by atoms with E-state index in [2.05, 4.69) is 10.3 Å². The van der Waals surface area contributed by atoms with Gasteiger partial charge in [0.1, 0.15) is 0 Å². The summed E-state index contributed by atoms with van der Waals surface area (Å²) in [5.74, 6) is -0.212. The maximum absolute atomic E-state index is 12.0. The molecule has 0 saturated carbocycles.